The normalized spacial score (nSPS) is 14.4. The summed E-state index contributed by atoms with van der Waals surface area (Å²) >= 11 is 0. The van der Waals surface area contributed by atoms with Crippen LogP contribution in [0.25, 0.3) is 0 Å². The third-order valence-corrected chi connectivity index (χ3v) is 4.44. The molecule has 1 saturated carbocycles. The van der Waals surface area contributed by atoms with E-state index in [1.807, 2.05) is 24.3 Å². The molecule has 140 valence electrons. The van der Waals surface area contributed by atoms with Gasteiger partial charge in [0.1, 0.15) is 0 Å². The van der Waals surface area contributed by atoms with E-state index in [0.717, 1.165) is 43.5 Å². The molecule has 6 heteroatoms. The number of unbranched alkanes of at least 4 members (excludes halogenated alkanes) is 3. The van der Waals surface area contributed by atoms with Crippen molar-refractivity contribution in [3.8, 4) is 0 Å². The monoisotopic (exact) mass is 458 g/mol. The molecule has 25 heavy (non-hydrogen) atoms. The van der Waals surface area contributed by atoms with Crippen molar-refractivity contribution in [2.75, 3.05) is 11.9 Å². The molecular weight excluding hydrogens is 427 g/mol. The highest BCUT2D eigenvalue weighted by Gasteiger charge is 2.25. The first-order valence-corrected chi connectivity index (χ1v) is 9.12. The number of benzene rings is 1. The predicted octanol–water partition coefficient (Wildman–Crippen LogP) is 4.03. The molecule has 0 aromatic heterocycles. The van der Waals surface area contributed by atoms with Crippen LogP contribution in [0, 0.1) is 5.92 Å². The summed E-state index contributed by atoms with van der Waals surface area (Å²) in [6.45, 7) is 3.58. The first-order valence-electron chi connectivity index (χ1n) is 9.12. The van der Waals surface area contributed by atoms with Crippen LogP contribution in [-0.4, -0.2) is 18.4 Å². The van der Waals surface area contributed by atoms with Gasteiger partial charge >= 0.3 is 0 Å². The van der Waals surface area contributed by atoms with Gasteiger partial charge in [0, 0.05) is 18.2 Å². The van der Waals surface area contributed by atoms with Crippen molar-refractivity contribution in [3.05, 3.63) is 29.8 Å². The lowest BCUT2D eigenvalue weighted by molar-refractivity contribution is -0.122. The quantitative estimate of drug-likeness (QED) is 0.226. The van der Waals surface area contributed by atoms with Crippen molar-refractivity contribution < 1.29 is 4.79 Å². The van der Waals surface area contributed by atoms with Gasteiger partial charge in [0.2, 0.25) is 5.91 Å². The van der Waals surface area contributed by atoms with Crippen molar-refractivity contribution in [1.82, 2.24) is 5.32 Å². The van der Waals surface area contributed by atoms with Crippen LogP contribution in [0.15, 0.2) is 29.3 Å². The molecule has 2 rings (SSSR count). The molecule has 0 heterocycles. The number of hydrogen-bond donors (Lipinski definition) is 3. The second kappa shape index (κ2) is 12.1. The fraction of sp³-hybridized carbons (Fsp3) is 0.579. The van der Waals surface area contributed by atoms with Crippen LogP contribution in [0.5, 0.6) is 0 Å². The molecule has 0 radical (unpaired) electrons. The van der Waals surface area contributed by atoms with Gasteiger partial charge in [-0.15, -0.1) is 24.0 Å². The fourth-order valence-electron chi connectivity index (χ4n) is 2.66. The molecule has 0 bridgehead atoms. The summed E-state index contributed by atoms with van der Waals surface area (Å²) in [6, 6.07) is 7.82. The number of rotatable bonds is 9. The van der Waals surface area contributed by atoms with Gasteiger partial charge in [0.05, 0.1) is 6.54 Å². The van der Waals surface area contributed by atoms with Crippen molar-refractivity contribution in [2.45, 2.75) is 58.4 Å². The lowest BCUT2D eigenvalue weighted by atomic mass is 9.85. The van der Waals surface area contributed by atoms with E-state index in [4.69, 9.17) is 5.73 Å². The van der Waals surface area contributed by atoms with Gasteiger partial charge in [-0.3, -0.25) is 4.79 Å². The maximum Gasteiger partial charge on any atom is 0.227 e. The molecule has 0 aliphatic heterocycles. The molecular formula is C19H31IN4O. The third-order valence-electron chi connectivity index (χ3n) is 4.44. The highest BCUT2D eigenvalue weighted by atomic mass is 127. The van der Waals surface area contributed by atoms with E-state index in [1.165, 1.54) is 19.3 Å². The van der Waals surface area contributed by atoms with Crippen LogP contribution in [0.1, 0.15) is 57.4 Å². The topological polar surface area (TPSA) is 79.5 Å². The number of halogens is 1. The largest absolute Gasteiger partial charge is 0.370 e. The van der Waals surface area contributed by atoms with E-state index >= 15 is 0 Å². The number of carbonyl (C=O) groups excluding carboxylic acids is 1. The summed E-state index contributed by atoms with van der Waals surface area (Å²) in [7, 11) is 0. The molecule has 0 saturated heterocycles. The summed E-state index contributed by atoms with van der Waals surface area (Å²) < 4.78 is 0. The Morgan fingerprint density at radius 2 is 2.08 bits per heavy atom. The number of anilines is 1. The smallest absolute Gasteiger partial charge is 0.227 e. The zero-order chi connectivity index (χ0) is 17.2. The lowest BCUT2D eigenvalue weighted by Crippen LogP contribution is -2.32. The Kier molecular flexibility index (Phi) is 10.5. The van der Waals surface area contributed by atoms with Gasteiger partial charge in [-0.2, -0.15) is 0 Å². The Hall–Kier alpha value is -1.31. The van der Waals surface area contributed by atoms with Gasteiger partial charge in [0.15, 0.2) is 5.96 Å². The number of carbonyl (C=O) groups is 1. The number of nitrogens with one attached hydrogen (secondary N) is 2. The van der Waals surface area contributed by atoms with Gasteiger partial charge in [-0.25, -0.2) is 4.99 Å². The zero-order valence-corrected chi connectivity index (χ0v) is 17.4. The lowest BCUT2D eigenvalue weighted by Gasteiger charge is -2.24. The summed E-state index contributed by atoms with van der Waals surface area (Å²) in [5.74, 6) is 0.810. The molecule has 1 aromatic carbocycles. The number of guanidine groups is 1. The maximum atomic E-state index is 12.0. The minimum Gasteiger partial charge on any atom is -0.370 e. The first kappa shape index (κ1) is 21.7. The average molecular weight is 458 g/mol. The molecule has 0 unspecified atom stereocenters. The van der Waals surface area contributed by atoms with Crippen LogP contribution in [-0.2, 0) is 11.3 Å². The molecule has 1 amide bonds. The summed E-state index contributed by atoms with van der Waals surface area (Å²) in [6.07, 6.45) is 8.02. The van der Waals surface area contributed by atoms with Crippen molar-refractivity contribution in [2.24, 2.45) is 16.6 Å². The van der Waals surface area contributed by atoms with Crippen LogP contribution >= 0.6 is 24.0 Å². The second-order valence-corrected chi connectivity index (χ2v) is 6.51. The highest BCUT2D eigenvalue weighted by Crippen LogP contribution is 2.27. The van der Waals surface area contributed by atoms with Gasteiger partial charge < -0.3 is 16.4 Å². The molecule has 4 N–H and O–H groups in total. The average Bonchev–Trinajstić information content (AvgIpc) is 2.51. The van der Waals surface area contributed by atoms with Gasteiger partial charge in [0.25, 0.3) is 0 Å². The molecule has 0 atom stereocenters. The standard InChI is InChI=1S/C19H30N4O.HI/c1-2-3-4-5-12-21-19(20)22-14-15-8-6-11-17(13-15)23-18(24)16-9-7-10-16;/h6,8,11,13,16H,2-5,7,9-10,12,14H2,1H3,(H,23,24)(H3,20,21,22);1H. The minimum atomic E-state index is 0. The van der Waals surface area contributed by atoms with E-state index in [0.29, 0.717) is 12.5 Å². The van der Waals surface area contributed by atoms with Crippen molar-refractivity contribution in [3.63, 3.8) is 0 Å². The van der Waals surface area contributed by atoms with Crippen LogP contribution in [0.3, 0.4) is 0 Å². The number of nitrogens with two attached hydrogens (primary N) is 1. The Balaban J connectivity index is 0.00000312. The molecule has 1 aliphatic carbocycles. The number of aliphatic imine (C=N–C) groups is 1. The van der Waals surface area contributed by atoms with Crippen molar-refractivity contribution in [1.29, 1.82) is 0 Å². The second-order valence-electron chi connectivity index (χ2n) is 6.51. The molecule has 1 fully saturated rings. The SMILES string of the molecule is CCCCCCNC(N)=NCc1cccc(NC(=O)C2CCC2)c1.I. The zero-order valence-electron chi connectivity index (χ0n) is 15.1. The predicted molar refractivity (Wildman–Crippen MR) is 115 cm³/mol. The molecule has 1 aromatic rings. The van der Waals surface area contributed by atoms with Crippen LogP contribution in [0.2, 0.25) is 0 Å². The Morgan fingerprint density at radius 3 is 2.76 bits per heavy atom. The van der Waals surface area contributed by atoms with Crippen molar-refractivity contribution >= 4 is 41.5 Å². The Morgan fingerprint density at radius 1 is 1.28 bits per heavy atom. The fourth-order valence-corrected chi connectivity index (χ4v) is 2.66. The maximum absolute atomic E-state index is 12.0. The van der Waals surface area contributed by atoms with Crippen LogP contribution < -0.4 is 16.4 Å². The third kappa shape index (κ3) is 8.07. The van der Waals surface area contributed by atoms with E-state index in [9.17, 15) is 4.79 Å². The molecule has 1 aliphatic rings. The van der Waals surface area contributed by atoms with E-state index in [1.54, 1.807) is 0 Å². The number of amides is 1. The summed E-state index contributed by atoms with van der Waals surface area (Å²) in [5, 5.41) is 6.14. The number of nitrogens with zero attached hydrogens (tertiary/aromatic N) is 1. The highest BCUT2D eigenvalue weighted by molar-refractivity contribution is 14.0. The first-order chi connectivity index (χ1) is 11.7. The Bertz CT molecular complexity index is 558. The molecule has 0 spiro atoms. The van der Waals surface area contributed by atoms with Gasteiger partial charge in [-0.1, -0.05) is 44.7 Å². The van der Waals surface area contributed by atoms with E-state index < -0.39 is 0 Å². The summed E-state index contributed by atoms with van der Waals surface area (Å²) in [4.78, 5) is 16.4. The van der Waals surface area contributed by atoms with E-state index in [2.05, 4.69) is 22.5 Å². The van der Waals surface area contributed by atoms with Gasteiger partial charge in [-0.05, 0) is 37.0 Å². The van der Waals surface area contributed by atoms with Crippen LogP contribution in [0.4, 0.5) is 5.69 Å². The minimum absolute atomic E-state index is 0. The summed E-state index contributed by atoms with van der Waals surface area (Å²) in [5.41, 5.74) is 7.77. The molecule has 5 nitrogen and oxygen atoms in total. The number of hydrogen-bond acceptors (Lipinski definition) is 2. The van der Waals surface area contributed by atoms with E-state index in [-0.39, 0.29) is 35.8 Å². The Labute approximate surface area is 168 Å².